The van der Waals surface area contributed by atoms with Gasteiger partial charge in [-0.3, -0.25) is 0 Å². The van der Waals surface area contributed by atoms with E-state index in [1.807, 2.05) is 6.07 Å². The Morgan fingerprint density at radius 2 is 1.86 bits per heavy atom. The van der Waals surface area contributed by atoms with Crippen LogP contribution in [0.25, 0.3) is 0 Å². The standard InChI is InChI=1S/C17H22N2O2/c1-2-6-19-7-5-15(13-19)12-18-11-14-3-4-16-17(10-14)21-9-8-20-16/h3-5,7,10,13,18H,2,6,8-9,11-12H2,1H3. The summed E-state index contributed by atoms with van der Waals surface area (Å²) in [5.41, 5.74) is 2.54. The summed E-state index contributed by atoms with van der Waals surface area (Å²) in [4.78, 5) is 0. The number of hydrogen-bond acceptors (Lipinski definition) is 3. The van der Waals surface area contributed by atoms with Crippen molar-refractivity contribution in [2.75, 3.05) is 13.2 Å². The number of aryl methyl sites for hydroxylation is 1. The first-order valence-corrected chi connectivity index (χ1v) is 7.59. The molecule has 0 radical (unpaired) electrons. The van der Waals surface area contributed by atoms with Gasteiger partial charge >= 0.3 is 0 Å². The number of aromatic nitrogens is 1. The summed E-state index contributed by atoms with van der Waals surface area (Å²) < 4.78 is 13.4. The third-order valence-corrected chi connectivity index (χ3v) is 3.56. The summed E-state index contributed by atoms with van der Waals surface area (Å²) in [5, 5.41) is 3.47. The first-order valence-electron chi connectivity index (χ1n) is 7.59. The molecule has 1 aliphatic rings. The molecular formula is C17H22N2O2. The summed E-state index contributed by atoms with van der Waals surface area (Å²) in [6.45, 7) is 6.26. The van der Waals surface area contributed by atoms with Crippen molar-refractivity contribution in [2.24, 2.45) is 0 Å². The average Bonchev–Trinajstić information content (AvgIpc) is 2.95. The van der Waals surface area contributed by atoms with Crippen LogP contribution in [0.5, 0.6) is 11.5 Å². The number of rotatable bonds is 6. The summed E-state index contributed by atoms with van der Waals surface area (Å²) in [6.07, 6.45) is 5.52. The van der Waals surface area contributed by atoms with Crippen LogP contribution >= 0.6 is 0 Å². The van der Waals surface area contributed by atoms with Gasteiger partial charge < -0.3 is 19.4 Å². The lowest BCUT2D eigenvalue weighted by atomic mass is 10.2. The predicted molar refractivity (Wildman–Crippen MR) is 82.7 cm³/mol. The van der Waals surface area contributed by atoms with Gasteiger partial charge in [-0.15, -0.1) is 0 Å². The Morgan fingerprint density at radius 3 is 2.71 bits per heavy atom. The first-order chi connectivity index (χ1) is 10.3. The van der Waals surface area contributed by atoms with Crippen LogP contribution in [0.4, 0.5) is 0 Å². The van der Waals surface area contributed by atoms with Crippen molar-refractivity contribution in [3.05, 3.63) is 47.8 Å². The molecular weight excluding hydrogens is 264 g/mol. The molecule has 1 aliphatic heterocycles. The lowest BCUT2D eigenvalue weighted by molar-refractivity contribution is 0.171. The summed E-state index contributed by atoms with van der Waals surface area (Å²) in [7, 11) is 0. The minimum Gasteiger partial charge on any atom is -0.486 e. The maximum Gasteiger partial charge on any atom is 0.161 e. The quantitative estimate of drug-likeness (QED) is 0.887. The molecule has 4 nitrogen and oxygen atoms in total. The van der Waals surface area contributed by atoms with Crippen molar-refractivity contribution < 1.29 is 9.47 Å². The van der Waals surface area contributed by atoms with Crippen molar-refractivity contribution >= 4 is 0 Å². The Labute approximate surface area is 125 Å². The van der Waals surface area contributed by atoms with E-state index < -0.39 is 0 Å². The van der Waals surface area contributed by atoms with Gasteiger partial charge in [0.1, 0.15) is 13.2 Å². The van der Waals surface area contributed by atoms with E-state index in [1.54, 1.807) is 0 Å². The first kappa shape index (κ1) is 14.0. The molecule has 0 amide bonds. The zero-order chi connectivity index (χ0) is 14.5. The molecule has 21 heavy (non-hydrogen) atoms. The summed E-state index contributed by atoms with van der Waals surface area (Å²) in [5.74, 6) is 1.70. The normalized spacial score (nSPS) is 13.4. The highest BCUT2D eigenvalue weighted by Gasteiger charge is 2.11. The highest BCUT2D eigenvalue weighted by Crippen LogP contribution is 2.30. The molecule has 0 bridgehead atoms. The highest BCUT2D eigenvalue weighted by atomic mass is 16.6. The van der Waals surface area contributed by atoms with E-state index in [1.165, 1.54) is 17.5 Å². The molecule has 0 atom stereocenters. The van der Waals surface area contributed by atoms with Gasteiger partial charge in [-0.1, -0.05) is 13.0 Å². The average molecular weight is 286 g/mol. The van der Waals surface area contributed by atoms with Crippen LogP contribution in [0.15, 0.2) is 36.7 Å². The minimum atomic E-state index is 0.634. The summed E-state index contributed by atoms with van der Waals surface area (Å²) >= 11 is 0. The fourth-order valence-corrected chi connectivity index (χ4v) is 2.54. The van der Waals surface area contributed by atoms with Gasteiger partial charge in [0.25, 0.3) is 0 Å². The molecule has 0 spiro atoms. The van der Waals surface area contributed by atoms with E-state index in [0.29, 0.717) is 13.2 Å². The number of benzene rings is 1. The molecule has 4 heteroatoms. The molecule has 1 aromatic heterocycles. The molecule has 1 aromatic carbocycles. The molecule has 2 heterocycles. The van der Waals surface area contributed by atoms with E-state index in [4.69, 9.17) is 9.47 Å². The lowest BCUT2D eigenvalue weighted by Crippen LogP contribution is -2.16. The number of nitrogens with one attached hydrogen (secondary N) is 1. The maximum atomic E-state index is 5.60. The second kappa shape index (κ2) is 6.68. The molecule has 0 unspecified atom stereocenters. The van der Waals surface area contributed by atoms with Gasteiger partial charge in [0.2, 0.25) is 0 Å². The van der Waals surface area contributed by atoms with Gasteiger partial charge in [0.05, 0.1) is 0 Å². The Hall–Kier alpha value is -1.94. The Morgan fingerprint density at radius 1 is 1.05 bits per heavy atom. The van der Waals surface area contributed by atoms with Crippen LogP contribution < -0.4 is 14.8 Å². The molecule has 0 fully saturated rings. The second-order valence-electron chi connectivity index (χ2n) is 5.34. The largest absolute Gasteiger partial charge is 0.486 e. The number of nitrogens with zero attached hydrogens (tertiary/aromatic N) is 1. The van der Waals surface area contributed by atoms with Gasteiger partial charge in [0.15, 0.2) is 11.5 Å². The van der Waals surface area contributed by atoms with E-state index >= 15 is 0 Å². The van der Waals surface area contributed by atoms with Gasteiger partial charge in [0, 0.05) is 32.0 Å². The van der Waals surface area contributed by atoms with Gasteiger partial charge in [-0.05, 0) is 35.7 Å². The Bertz CT molecular complexity index is 592. The predicted octanol–water partition coefficient (Wildman–Crippen LogP) is 2.96. The molecule has 0 saturated carbocycles. The van der Waals surface area contributed by atoms with Crippen LogP contribution in [0.1, 0.15) is 24.5 Å². The fourth-order valence-electron chi connectivity index (χ4n) is 2.54. The van der Waals surface area contributed by atoms with Crippen LogP contribution in [0.2, 0.25) is 0 Å². The van der Waals surface area contributed by atoms with E-state index in [9.17, 15) is 0 Å². The molecule has 0 aliphatic carbocycles. The van der Waals surface area contributed by atoms with Crippen molar-refractivity contribution in [3.63, 3.8) is 0 Å². The van der Waals surface area contributed by atoms with Crippen molar-refractivity contribution in [2.45, 2.75) is 33.0 Å². The minimum absolute atomic E-state index is 0.634. The summed E-state index contributed by atoms with van der Waals surface area (Å²) in [6, 6.07) is 8.31. The smallest absolute Gasteiger partial charge is 0.161 e. The topological polar surface area (TPSA) is 35.4 Å². The SMILES string of the molecule is CCCn1ccc(CNCc2ccc3c(c2)OCCO3)c1. The third kappa shape index (κ3) is 3.58. The van der Waals surface area contributed by atoms with Gasteiger partial charge in [-0.25, -0.2) is 0 Å². The zero-order valence-electron chi connectivity index (χ0n) is 12.5. The third-order valence-electron chi connectivity index (χ3n) is 3.56. The molecule has 1 N–H and O–H groups in total. The van der Waals surface area contributed by atoms with E-state index in [2.05, 4.69) is 47.4 Å². The molecule has 0 saturated heterocycles. The highest BCUT2D eigenvalue weighted by molar-refractivity contribution is 5.43. The van der Waals surface area contributed by atoms with Crippen LogP contribution in [0, 0.1) is 0 Å². The maximum absolute atomic E-state index is 5.60. The van der Waals surface area contributed by atoms with Gasteiger partial charge in [-0.2, -0.15) is 0 Å². The molecule has 3 rings (SSSR count). The van der Waals surface area contributed by atoms with Crippen molar-refractivity contribution in [3.8, 4) is 11.5 Å². The van der Waals surface area contributed by atoms with Crippen molar-refractivity contribution in [1.29, 1.82) is 0 Å². The van der Waals surface area contributed by atoms with E-state index in [-0.39, 0.29) is 0 Å². The molecule has 2 aromatic rings. The molecule has 112 valence electrons. The zero-order valence-corrected chi connectivity index (χ0v) is 12.5. The second-order valence-corrected chi connectivity index (χ2v) is 5.34. The van der Waals surface area contributed by atoms with E-state index in [0.717, 1.165) is 31.1 Å². The fraction of sp³-hybridized carbons (Fsp3) is 0.412. The lowest BCUT2D eigenvalue weighted by Gasteiger charge is -2.18. The van der Waals surface area contributed by atoms with Crippen LogP contribution in [-0.4, -0.2) is 17.8 Å². The van der Waals surface area contributed by atoms with Crippen LogP contribution in [-0.2, 0) is 19.6 Å². The monoisotopic (exact) mass is 286 g/mol. The Kier molecular flexibility index (Phi) is 4.46. The van der Waals surface area contributed by atoms with Crippen molar-refractivity contribution in [1.82, 2.24) is 9.88 Å². The number of fused-ring (bicyclic) bond motifs is 1. The number of ether oxygens (including phenoxy) is 2. The number of hydrogen-bond donors (Lipinski definition) is 1. The Balaban J connectivity index is 1.52. The van der Waals surface area contributed by atoms with Crippen LogP contribution in [0.3, 0.4) is 0 Å².